The molecule has 0 saturated carbocycles. The summed E-state index contributed by atoms with van der Waals surface area (Å²) in [6.45, 7) is 3.91. The van der Waals surface area contributed by atoms with E-state index in [-0.39, 0.29) is 23.3 Å². The van der Waals surface area contributed by atoms with Gasteiger partial charge in [-0.25, -0.2) is 9.29 Å². The second-order valence-electron chi connectivity index (χ2n) is 5.84. The van der Waals surface area contributed by atoms with Gasteiger partial charge in [0.2, 0.25) is 11.8 Å². The van der Waals surface area contributed by atoms with E-state index in [9.17, 15) is 14.0 Å². The first kappa shape index (κ1) is 15.7. The maximum Gasteiger partial charge on any atom is 0.241 e. The van der Waals surface area contributed by atoms with Crippen LogP contribution in [0.25, 0.3) is 0 Å². The molecule has 0 N–H and O–H groups in total. The lowest BCUT2D eigenvalue weighted by Crippen LogP contribution is -2.30. The number of imide groups is 1. The molecule has 2 aromatic carbocycles. The predicted octanol–water partition coefficient (Wildman–Crippen LogP) is 4.14. The summed E-state index contributed by atoms with van der Waals surface area (Å²) >= 11 is 5.76. The molecular formula is C18H15ClFNO2. The molecule has 0 radical (unpaired) electrons. The highest BCUT2D eigenvalue weighted by Gasteiger charge is 2.40. The fraction of sp³-hybridized carbons (Fsp3) is 0.222. The van der Waals surface area contributed by atoms with Gasteiger partial charge in [-0.3, -0.25) is 9.59 Å². The van der Waals surface area contributed by atoms with E-state index in [1.807, 2.05) is 32.0 Å². The molecule has 1 saturated heterocycles. The summed E-state index contributed by atoms with van der Waals surface area (Å²) in [6.07, 6.45) is 0.108. The van der Waals surface area contributed by atoms with Crippen molar-refractivity contribution in [3.8, 4) is 0 Å². The topological polar surface area (TPSA) is 37.4 Å². The van der Waals surface area contributed by atoms with Crippen molar-refractivity contribution in [2.75, 3.05) is 4.90 Å². The summed E-state index contributed by atoms with van der Waals surface area (Å²) in [6, 6.07) is 9.70. The molecule has 118 valence electrons. The first-order chi connectivity index (χ1) is 10.9. The average Bonchev–Trinajstić information content (AvgIpc) is 2.76. The smallest absolute Gasteiger partial charge is 0.241 e. The van der Waals surface area contributed by atoms with E-state index in [2.05, 4.69) is 0 Å². The van der Waals surface area contributed by atoms with Gasteiger partial charge in [-0.1, -0.05) is 40.9 Å². The summed E-state index contributed by atoms with van der Waals surface area (Å²) in [5, 5.41) is -0.113. The number of aryl methyl sites for hydroxylation is 2. The van der Waals surface area contributed by atoms with Crippen molar-refractivity contribution in [1.29, 1.82) is 0 Å². The predicted molar refractivity (Wildman–Crippen MR) is 87.2 cm³/mol. The van der Waals surface area contributed by atoms with Gasteiger partial charge >= 0.3 is 0 Å². The molecule has 1 atom stereocenters. The molecule has 23 heavy (non-hydrogen) atoms. The monoisotopic (exact) mass is 331 g/mol. The maximum atomic E-state index is 13.3. The fourth-order valence-corrected chi connectivity index (χ4v) is 3.17. The van der Waals surface area contributed by atoms with Crippen molar-refractivity contribution in [2.24, 2.45) is 0 Å². The number of halogens is 2. The minimum atomic E-state index is -0.583. The number of benzene rings is 2. The number of rotatable bonds is 2. The summed E-state index contributed by atoms with van der Waals surface area (Å²) in [7, 11) is 0. The summed E-state index contributed by atoms with van der Waals surface area (Å²) < 4.78 is 13.3. The van der Waals surface area contributed by atoms with E-state index in [0.29, 0.717) is 5.69 Å². The zero-order valence-corrected chi connectivity index (χ0v) is 13.5. The molecular weight excluding hydrogens is 317 g/mol. The minimum Gasteiger partial charge on any atom is -0.274 e. The molecule has 0 bridgehead atoms. The third-order valence-corrected chi connectivity index (χ3v) is 4.24. The molecule has 3 rings (SSSR count). The highest BCUT2D eigenvalue weighted by Crippen LogP contribution is 2.35. The first-order valence-corrected chi connectivity index (χ1v) is 7.64. The van der Waals surface area contributed by atoms with E-state index < -0.39 is 11.7 Å². The van der Waals surface area contributed by atoms with Crippen LogP contribution in [-0.2, 0) is 9.59 Å². The van der Waals surface area contributed by atoms with Gasteiger partial charge < -0.3 is 0 Å². The lowest BCUT2D eigenvalue weighted by molar-refractivity contribution is -0.121. The third-order valence-electron chi connectivity index (χ3n) is 3.95. The molecule has 0 aliphatic carbocycles. The van der Waals surface area contributed by atoms with Crippen molar-refractivity contribution in [2.45, 2.75) is 26.2 Å². The van der Waals surface area contributed by atoms with Crippen LogP contribution in [0.2, 0.25) is 5.02 Å². The second kappa shape index (κ2) is 5.78. The Hall–Kier alpha value is -2.20. The molecule has 1 fully saturated rings. The Morgan fingerprint density at radius 1 is 1.09 bits per heavy atom. The molecule has 1 aliphatic heterocycles. The molecule has 3 nitrogen and oxygen atoms in total. The molecule has 0 aromatic heterocycles. The second-order valence-corrected chi connectivity index (χ2v) is 6.25. The normalized spacial score (nSPS) is 17.9. The van der Waals surface area contributed by atoms with E-state index >= 15 is 0 Å². The number of carbonyl (C=O) groups is 2. The Morgan fingerprint density at radius 2 is 1.74 bits per heavy atom. The van der Waals surface area contributed by atoms with E-state index in [1.54, 1.807) is 0 Å². The van der Waals surface area contributed by atoms with Crippen LogP contribution in [0.4, 0.5) is 10.1 Å². The Labute approximate surface area is 138 Å². The number of amides is 2. The van der Waals surface area contributed by atoms with Crippen LogP contribution in [-0.4, -0.2) is 11.8 Å². The van der Waals surface area contributed by atoms with Gasteiger partial charge in [0.05, 0.1) is 16.6 Å². The quantitative estimate of drug-likeness (QED) is 0.775. The number of hydrogen-bond acceptors (Lipinski definition) is 2. The Morgan fingerprint density at radius 3 is 2.35 bits per heavy atom. The Bertz CT molecular complexity index is 798. The number of hydrogen-bond donors (Lipinski definition) is 0. The summed E-state index contributed by atoms with van der Waals surface area (Å²) in [5.41, 5.74) is 3.22. The van der Waals surface area contributed by atoms with E-state index in [1.165, 1.54) is 12.1 Å². The van der Waals surface area contributed by atoms with Gasteiger partial charge in [0.25, 0.3) is 0 Å². The molecule has 0 unspecified atom stereocenters. The van der Waals surface area contributed by atoms with Crippen LogP contribution < -0.4 is 4.90 Å². The van der Waals surface area contributed by atoms with Crippen LogP contribution in [0, 0.1) is 19.7 Å². The molecule has 1 aliphatic rings. The van der Waals surface area contributed by atoms with Crippen LogP contribution >= 0.6 is 11.6 Å². The maximum absolute atomic E-state index is 13.3. The third kappa shape index (κ3) is 2.86. The fourth-order valence-electron chi connectivity index (χ4n) is 3.00. The van der Waals surface area contributed by atoms with Crippen LogP contribution in [0.3, 0.4) is 0 Å². The summed E-state index contributed by atoms with van der Waals surface area (Å²) in [4.78, 5) is 26.1. The summed E-state index contributed by atoms with van der Waals surface area (Å²) in [5.74, 6) is -1.70. The number of nitrogens with zero attached hydrogens (tertiary/aromatic N) is 1. The lowest BCUT2D eigenvalue weighted by Gasteiger charge is -2.16. The highest BCUT2D eigenvalue weighted by molar-refractivity contribution is 6.31. The van der Waals surface area contributed by atoms with Crippen molar-refractivity contribution in [3.05, 3.63) is 63.9 Å². The van der Waals surface area contributed by atoms with Crippen LogP contribution in [0.1, 0.15) is 29.0 Å². The molecule has 2 aromatic rings. The van der Waals surface area contributed by atoms with E-state index in [4.69, 9.17) is 11.6 Å². The highest BCUT2D eigenvalue weighted by atomic mass is 35.5. The van der Waals surface area contributed by atoms with Crippen LogP contribution in [0.15, 0.2) is 36.4 Å². The zero-order chi connectivity index (χ0) is 16.7. The van der Waals surface area contributed by atoms with Crippen molar-refractivity contribution in [3.63, 3.8) is 0 Å². The standard InChI is InChI=1S/C18H15ClFNO2/c1-10-5-11(2)7-12(6-10)14-9-17(22)21(18(14)23)13-3-4-16(20)15(19)8-13/h3-8,14H,9H2,1-2H3/t14-/m1/s1. The lowest BCUT2D eigenvalue weighted by atomic mass is 9.94. The molecule has 1 heterocycles. The van der Waals surface area contributed by atoms with Crippen molar-refractivity contribution in [1.82, 2.24) is 0 Å². The molecule has 5 heteroatoms. The zero-order valence-electron chi connectivity index (χ0n) is 12.8. The van der Waals surface area contributed by atoms with Gasteiger partial charge in [-0.2, -0.15) is 0 Å². The molecule has 2 amide bonds. The van der Waals surface area contributed by atoms with Gasteiger partial charge in [0, 0.05) is 6.42 Å². The van der Waals surface area contributed by atoms with E-state index in [0.717, 1.165) is 27.7 Å². The van der Waals surface area contributed by atoms with Crippen molar-refractivity contribution < 1.29 is 14.0 Å². The number of anilines is 1. The Kier molecular flexibility index (Phi) is 3.94. The largest absolute Gasteiger partial charge is 0.274 e. The first-order valence-electron chi connectivity index (χ1n) is 7.27. The van der Waals surface area contributed by atoms with Gasteiger partial charge in [0.1, 0.15) is 5.82 Å². The van der Waals surface area contributed by atoms with Crippen molar-refractivity contribution >= 4 is 29.1 Å². The van der Waals surface area contributed by atoms with Crippen LogP contribution in [0.5, 0.6) is 0 Å². The average molecular weight is 332 g/mol. The Balaban J connectivity index is 1.98. The molecule has 0 spiro atoms. The minimum absolute atomic E-state index is 0.108. The van der Waals surface area contributed by atoms with Gasteiger partial charge in [0.15, 0.2) is 0 Å². The van der Waals surface area contributed by atoms with Gasteiger partial charge in [-0.05, 0) is 37.6 Å². The van der Waals surface area contributed by atoms with Gasteiger partial charge in [-0.15, -0.1) is 0 Å². The number of carbonyl (C=O) groups excluding carboxylic acids is 2. The SMILES string of the molecule is Cc1cc(C)cc([C@H]2CC(=O)N(c3ccc(F)c(Cl)c3)C2=O)c1.